The molecule has 1 aliphatic heterocycles. The van der Waals surface area contributed by atoms with Gasteiger partial charge in [-0.25, -0.2) is 13.4 Å². The van der Waals surface area contributed by atoms with Crippen molar-refractivity contribution in [2.75, 3.05) is 23.7 Å². The van der Waals surface area contributed by atoms with Gasteiger partial charge in [-0.1, -0.05) is 11.6 Å². The number of hydrogen-bond acceptors (Lipinski definition) is 5. The summed E-state index contributed by atoms with van der Waals surface area (Å²) < 4.78 is 24.5. The summed E-state index contributed by atoms with van der Waals surface area (Å²) in [6.07, 6.45) is 4.02. The molecule has 0 spiro atoms. The monoisotopic (exact) mass is 393 g/mol. The summed E-state index contributed by atoms with van der Waals surface area (Å²) in [6, 6.07) is 9.52. The molecule has 6 nitrogen and oxygen atoms in total. The van der Waals surface area contributed by atoms with Crippen molar-refractivity contribution in [3.63, 3.8) is 0 Å². The van der Waals surface area contributed by atoms with E-state index in [1.165, 1.54) is 24.3 Å². The van der Waals surface area contributed by atoms with Gasteiger partial charge >= 0.3 is 0 Å². The Morgan fingerprint density at radius 1 is 1.15 bits per heavy atom. The highest BCUT2D eigenvalue weighted by molar-refractivity contribution is 7.92. The lowest BCUT2D eigenvalue weighted by Gasteiger charge is -2.17. The molecule has 0 unspecified atom stereocenters. The zero-order chi connectivity index (χ0) is 18.6. The second-order valence-corrected chi connectivity index (χ2v) is 8.63. The van der Waals surface area contributed by atoms with Crippen LogP contribution in [0.1, 0.15) is 18.4 Å². The van der Waals surface area contributed by atoms with E-state index >= 15 is 0 Å². The number of carbonyl (C=O) groups is 1. The topological polar surface area (TPSA) is 79.4 Å². The number of hydrogen-bond donors (Lipinski definition) is 1. The summed E-state index contributed by atoms with van der Waals surface area (Å²) in [6.45, 7) is 2.24. The summed E-state index contributed by atoms with van der Waals surface area (Å²) in [5.74, 6) is -0.249. The van der Waals surface area contributed by atoms with Crippen LogP contribution in [-0.2, 0) is 21.2 Å². The Labute approximate surface area is 158 Å². The molecule has 2 aromatic rings. The van der Waals surface area contributed by atoms with Crippen molar-refractivity contribution in [1.82, 2.24) is 10.3 Å². The van der Waals surface area contributed by atoms with Crippen LogP contribution in [0.2, 0.25) is 5.02 Å². The molecule has 26 heavy (non-hydrogen) atoms. The van der Waals surface area contributed by atoms with Gasteiger partial charge < -0.3 is 10.2 Å². The lowest BCUT2D eigenvalue weighted by atomic mass is 10.2. The summed E-state index contributed by atoms with van der Waals surface area (Å²) in [7, 11) is -3.69. The van der Waals surface area contributed by atoms with E-state index in [1.807, 2.05) is 12.1 Å². The molecule has 1 aliphatic rings. The SMILES string of the molecule is O=C(CS(=O)(=O)c1ccc(Cl)cc1)NCc1ccnc(N2CCCC2)c1. The molecule has 1 aromatic carbocycles. The zero-order valence-corrected chi connectivity index (χ0v) is 15.8. The molecule has 8 heteroatoms. The van der Waals surface area contributed by atoms with Crippen LogP contribution in [0.15, 0.2) is 47.5 Å². The van der Waals surface area contributed by atoms with E-state index in [0.29, 0.717) is 5.02 Å². The number of aromatic nitrogens is 1. The Kier molecular flexibility index (Phi) is 5.78. The number of nitrogens with one attached hydrogen (secondary N) is 1. The average Bonchev–Trinajstić information content (AvgIpc) is 3.15. The van der Waals surface area contributed by atoms with Crippen molar-refractivity contribution in [1.29, 1.82) is 0 Å². The van der Waals surface area contributed by atoms with Gasteiger partial charge in [0.05, 0.1) is 4.90 Å². The number of sulfone groups is 1. The van der Waals surface area contributed by atoms with Crippen LogP contribution in [0.4, 0.5) is 5.82 Å². The van der Waals surface area contributed by atoms with Crippen LogP contribution in [-0.4, -0.2) is 38.2 Å². The Hall–Kier alpha value is -2.12. The molecule has 1 amide bonds. The Morgan fingerprint density at radius 3 is 2.54 bits per heavy atom. The Bertz CT molecular complexity index is 879. The van der Waals surface area contributed by atoms with Crippen LogP contribution >= 0.6 is 11.6 Å². The Balaban J connectivity index is 1.58. The standard InChI is InChI=1S/C18H20ClN3O3S/c19-15-3-5-16(6-4-15)26(24,25)13-18(23)21-12-14-7-8-20-17(11-14)22-9-1-2-10-22/h3-8,11H,1-2,9-10,12-13H2,(H,21,23). The molecule has 0 atom stereocenters. The smallest absolute Gasteiger partial charge is 0.235 e. The van der Waals surface area contributed by atoms with Crippen LogP contribution in [0.25, 0.3) is 0 Å². The maximum Gasteiger partial charge on any atom is 0.235 e. The molecule has 1 N–H and O–H groups in total. The van der Waals surface area contributed by atoms with Crippen molar-refractivity contribution in [3.8, 4) is 0 Å². The van der Waals surface area contributed by atoms with Gasteiger partial charge in [-0.05, 0) is 54.8 Å². The van der Waals surface area contributed by atoms with E-state index in [4.69, 9.17) is 11.6 Å². The normalized spacial score (nSPS) is 14.4. The fourth-order valence-corrected chi connectivity index (χ4v) is 4.13. The highest BCUT2D eigenvalue weighted by Crippen LogP contribution is 2.18. The number of amides is 1. The van der Waals surface area contributed by atoms with Gasteiger partial charge in [0.25, 0.3) is 0 Å². The maximum absolute atomic E-state index is 12.3. The third-order valence-electron chi connectivity index (χ3n) is 4.22. The predicted octanol–water partition coefficient (Wildman–Crippen LogP) is 2.43. The second kappa shape index (κ2) is 8.05. The predicted molar refractivity (Wildman–Crippen MR) is 101 cm³/mol. The van der Waals surface area contributed by atoms with Crippen molar-refractivity contribution in [2.45, 2.75) is 24.3 Å². The number of pyridine rings is 1. The van der Waals surface area contributed by atoms with Crippen LogP contribution in [0.3, 0.4) is 0 Å². The number of anilines is 1. The van der Waals surface area contributed by atoms with E-state index in [1.54, 1.807) is 6.20 Å². The highest BCUT2D eigenvalue weighted by Gasteiger charge is 2.19. The number of halogens is 1. The largest absolute Gasteiger partial charge is 0.357 e. The minimum absolute atomic E-state index is 0.0808. The molecule has 3 rings (SSSR count). The van der Waals surface area contributed by atoms with Crippen LogP contribution in [0.5, 0.6) is 0 Å². The summed E-state index contributed by atoms with van der Waals surface area (Å²) in [5, 5.41) is 3.11. The third-order valence-corrected chi connectivity index (χ3v) is 6.11. The minimum atomic E-state index is -3.69. The molecule has 2 heterocycles. The number of benzene rings is 1. The molecule has 138 valence electrons. The van der Waals surface area contributed by atoms with Gasteiger partial charge in [0.1, 0.15) is 11.6 Å². The van der Waals surface area contributed by atoms with Crippen LogP contribution in [0, 0.1) is 0 Å². The average molecular weight is 394 g/mol. The first-order valence-corrected chi connectivity index (χ1v) is 10.4. The number of rotatable bonds is 6. The molecule has 0 saturated carbocycles. The van der Waals surface area contributed by atoms with Crippen molar-refractivity contribution >= 4 is 33.2 Å². The minimum Gasteiger partial charge on any atom is -0.357 e. The van der Waals surface area contributed by atoms with E-state index < -0.39 is 21.5 Å². The van der Waals surface area contributed by atoms with E-state index in [0.717, 1.165) is 37.3 Å². The maximum atomic E-state index is 12.3. The van der Waals surface area contributed by atoms with E-state index in [-0.39, 0.29) is 11.4 Å². The molecule has 1 aromatic heterocycles. The molecule has 1 fully saturated rings. The lowest BCUT2D eigenvalue weighted by molar-refractivity contribution is -0.118. The quantitative estimate of drug-likeness (QED) is 0.815. The first-order valence-electron chi connectivity index (χ1n) is 8.39. The van der Waals surface area contributed by atoms with Crippen molar-refractivity contribution < 1.29 is 13.2 Å². The molecule has 0 bridgehead atoms. The van der Waals surface area contributed by atoms with Gasteiger partial charge in [-0.3, -0.25) is 4.79 Å². The molecular formula is C18H20ClN3O3S. The van der Waals surface area contributed by atoms with Gasteiger partial charge in [-0.15, -0.1) is 0 Å². The molecule has 1 saturated heterocycles. The fraction of sp³-hybridized carbons (Fsp3) is 0.333. The van der Waals surface area contributed by atoms with Crippen molar-refractivity contribution in [3.05, 3.63) is 53.2 Å². The first kappa shape index (κ1) is 18.7. The second-order valence-electron chi connectivity index (χ2n) is 6.21. The number of nitrogens with zero attached hydrogens (tertiary/aromatic N) is 2. The van der Waals surface area contributed by atoms with Gasteiger partial charge in [0, 0.05) is 30.9 Å². The first-order chi connectivity index (χ1) is 12.4. The molecule has 0 radical (unpaired) electrons. The van der Waals surface area contributed by atoms with Crippen molar-refractivity contribution in [2.24, 2.45) is 0 Å². The van der Waals surface area contributed by atoms with E-state index in [9.17, 15) is 13.2 Å². The van der Waals surface area contributed by atoms with Crippen LogP contribution < -0.4 is 10.2 Å². The van der Waals surface area contributed by atoms with Gasteiger partial charge in [-0.2, -0.15) is 0 Å². The fourth-order valence-electron chi connectivity index (χ4n) is 2.84. The van der Waals surface area contributed by atoms with E-state index in [2.05, 4.69) is 15.2 Å². The number of carbonyl (C=O) groups excluding carboxylic acids is 1. The zero-order valence-electron chi connectivity index (χ0n) is 14.2. The lowest BCUT2D eigenvalue weighted by Crippen LogP contribution is -2.30. The Morgan fingerprint density at radius 2 is 1.85 bits per heavy atom. The summed E-state index contributed by atoms with van der Waals surface area (Å²) >= 11 is 5.76. The summed E-state index contributed by atoms with van der Waals surface area (Å²) in [4.78, 5) is 18.7. The molecular weight excluding hydrogens is 374 g/mol. The van der Waals surface area contributed by atoms with Gasteiger partial charge in [0.15, 0.2) is 9.84 Å². The summed E-state index contributed by atoms with van der Waals surface area (Å²) in [5.41, 5.74) is 0.888. The molecule has 0 aliphatic carbocycles. The van der Waals surface area contributed by atoms with Gasteiger partial charge in [0.2, 0.25) is 5.91 Å². The third kappa shape index (κ3) is 4.74. The highest BCUT2D eigenvalue weighted by atomic mass is 35.5.